The Bertz CT molecular complexity index is 166. The molecule has 0 N–H and O–H groups in total. The van der Waals surface area contributed by atoms with E-state index in [4.69, 9.17) is 0 Å². The number of hydrogen-bond acceptors (Lipinski definition) is 2. The second-order valence-corrected chi connectivity index (χ2v) is 1.82. The second kappa shape index (κ2) is 3.17. The molecule has 2 nitrogen and oxygen atoms in total. The molecule has 1 aliphatic rings. The van der Waals surface area contributed by atoms with E-state index < -0.39 is 0 Å². The maximum atomic E-state index is 4.17. The molecule has 0 aliphatic carbocycles. The van der Waals surface area contributed by atoms with Crippen LogP contribution in [0.5, 0.6) is 0 Å². The average Bonchev–Trinajstić information content (AvgIpc) is 2.13. The van der Waals surface area contributed by atoms with Gasteiger partial charge >= 0.3 is 0 Å². The highest BCUT2D eigenvalue weighted by molar-refractivity contribution is 5.92. The van der Waals surface area contributed by atoms with Gasteiger partial charge < -0.3 is 0 Å². The van der Waals surface area contributed by atoms with E-state index in [9.17, 15) is 0 Å². The van der Waals surface area contributed by atoms with Gasteiger partial charge in [-0.2, -0.15) is 0 Å². The second-order valence-electron chi connectivity index (χ2n) is 1.82. The lowest BCUT2D eigenvalue weighted by molar-refractivity contribution is 1.16. The van der Waals surface area contributed by atoms with Gasteiger partial charge in [-0.1, -0.05) is 13.0 Å². The molecule has 0 aromatic carbocycles. The number of allylic oxidation sites excluding steroid dienone is 1. The lowest BCUT2D eigenvalue weighted by Gasteiger charge is -1.89. The van der Waals surface area contributed by atoms with Gasteiger partial charge in [0.2, 0.25) is 0 Å². The van der Waals surface area contributed by atoms with Crippen molar-refractivity contribution in [3.63, 3.8) is 0 Å². The van der Waals surface area contributed by atoms with Crippen LogP contribution in [-0.4, -0.2) is 18.6 Å². The lowest BCUT2D eigenvalue weighted by Crippen LogP contribution is -1.90. The van der Waals surface area contributed by atoms with E-state index >= 15 is 0 Å². The van der Waals surface area contributed by atoms with Crippen LogP contribution in [0.2, 0.25) is 0 Å². The Labute approximate surface area is 55.0 Å². The number of amidine groups is 1. The third-order valence-electron chi connectivity index (χ3n) is 1.14. The molecular formula is C7H10N2. The molecule has 1 aliphatic heterocycles. The number of aliphatic imine (C=N–C) groups is 2. The zero-order chi connectivity index (χ0) is 6.53. The Morgan fingerprint density at radius 3 is 3.33 bits per heavy atom. The van der Waals surface area contributed by atoms with Crippen molar-refractivity contribution in [2.24, 2.45) is 9.98 Å². The minimum atomic E-state index is 0.781. The Hall–Kier alpha value is -0.920. The van der Waals surface area contributed by atoms with Crippen molar-refractivity contribution in [3.05, 3.63) is 12.2 Å². The minimum Gasteiger partial charge on any atom is -0.266 e. The monoisotopic (exact) mass is 122 g/mol. The third-order valence-corrected chi connectivity index (χ3v) is 1.14. The van der Waals surface area contributed by atoms with Gasteiger partial charge in [-0.05, 0) is 6.08 Å². The molecule has 0 aromatic heterocycles. The van der Waals surface area contributed by atoms with E-state index in [1.54, 1.807) is 6.21 Å². The maximum absolute atomic E-state index is 4.17. The number of nitrogens with zero attached hydrogens (tertiary/aromatic N) is 2. The van der Waals surface area contributed by atoms with E-state index in [2.05, 4.69) is 16.9 Å². The molecule has 1 heterocycles. The summed E-state index contributed by atoms with van der Waals surface area (Å²) in [6.07, 6.45) is 6.63. The van der Waals surface area contributed by atoms with E-state index in [0.717, 1.165) is 18.8 Å². The van der Waals surface area contributed by atoms with Gasteiger partial charge in [-0.15, -0.1) is 0 Å². The molecule has 0 bridgehead atoms. The van der Waals surface area contributed by atoms with Crippen molar-refractivity contribution < 1.29 is 0 Å². The fourth-order valence-corrected chi connectivity index (χ4v) is 0.653. The van der Waals surface area contributed by atoms with Gasteiger partial charge in [0.05, 0.1) is 6.54 Å². The summed E-state index contributed by atoms with van der Waals surface area (Å²) in [4.78, 5) is 8.25. The normalized spacial score (nSPS) is 17.2. The molecule has 9 heavy (non-hydrogen) atoms. The zero-order valence-corrected chi connectivity index (χ0v) is 5.54. The molecule has 0 saturated heterocycles. The summed E-state index contributed by atoms with van der Waals surface area (Å²) < 4.78 is 0. The van der Waals surface area contributed by atoms with Crippen molar-refractivity contribution in [2.45, 2.75) is 13.3 Å². The first-order valence-electron chi connectivity index (χ1n) is 3.16. The number of rotatable bonds is 1. The molecule has 0 fully saturated rings. The van der Waals surface area contributed by atoms with E-state index in [-0.39, 0.29) is 0 Å². The van der Waals surface area contributed by atoms with Crippen LogP contribution in [0.15, 0.2) is 22.1 Å². The highest BCUT2D eigenvalue weighted by Crippen LogP contribution is 1.91. The molecular weight excluding hydrogens is 112 g/mol. The van der Waals surface area contributed by atoms with Crippen LogP contribution in [0.1, 0.15) is 13.3 Å². The lowest BCUT2D eigenvalue weighted by atomic mass is 10.4. The first kappa shape index (κ1) is 6.20. The van der Waals surface area contributed by atoms with Gasteiger partial charge in [-0.25, -0.2) is 4.99 Å². The fraction of sp³-hybridized carbons (Fsp3) is 0.429. The number of hydrogen-bond donors (Lipinski definition) is 0. The fourth-order valence-electron chi connectivity index (χ4n) is 0.653. The first-order chi connectivity index (χ1) is 4.43. The maximum Gasteiger partial charge on any atom is 0.123 e. The van der Waals surface area contributed by atoms with Crippen LogP contribution in [0, 0.1) is 0 Å². The third kappa shape index (κ3) is 1.80. The first-order valence-corrected chi connectivity index (χ1v) is 3.16. The van der Waals surface area contributed by atoms with Crippen LogP contribution in [0.4, 0.5) is 0 Å². The Morgan fingerprint density at radius 1 is 1.67 bits per heavy atom. The van der Waals surface area contributed by atoms with E-state index in [1.807, 2.05) is 12.2 Å². The van der Waals surface area contributed by atoms with Crippen LogP contribution in [-0.2, 0) is 0 Å². The summed E-state index contributed by atoms with van der Waals surface area (Å²) in [5.74, 6) is 0.944. The summed E-state index contributed by atoms with van der Waals surface area (Å²) in [5, 5.41) is 0. The van der Waals surface area contributed by atoms with Crippen molar-refractivity contribution in [1.29, 1.82) is 0 Å². The Balaban J connectivity index is 2.63. The molecule has 0 radical (unpaired) electrons. The standard InChI is InChI=1S/C7H10N2/c1-2-7-8-5-3-4-6-9-7/h3-5H,2,6H2,1H3. The van der Waals surface area contributed by atoms with Gasteiger partial charge in [0.15, 0.2) is 0 Å². The van der Waals surface area contributed by atoms with Gasteiger partial charge in [0, 0.05) is 12.6 Å². The predicted octanol–water partition coefficient (Wildman–Crippen LogP) is 1.44. The topological polar surface area (TPSA) is 24.7 Å². The summed E-state index contributed by atoms with van der Waals surface area (Å²) in [6.45, 7) is 2.84. The molecule has 0 unspecified atom stereocenters. The largest absolute Gasteiger partial charge is 0.266 e. The van der Waals surface area contributed by atoms with Gasteiger partial charge in [0.1, 0.15) is 5.84 Å². The Kier molecular flexibility index (Phi) is 2.19. The van der Waals surface area contributed by atoms with E-state index in [0.29, 0.717) is 0 Å². The summed E-state index contributed by atoms with van der Waals surface area (Å²) >= 11 is 0. The molecule has 0 spiro atoms. The minimum absolute atomic E-state index is 0.781. The molecule has 1 rings (SSSR count). The molecule has 0 aromatic rings. The predicted molar refractivity (Wildman–Crippen MR) is 40.2 cm³/mol. The average molecular weight is 122 g/mol. The van der Waals surface area contributed by atoms with Gasteiger partial charge in [-0.3, -0.25) is 4.99 Å². The molecule has 48 valence electrons. The SMILES string of the molecule is CCC1=NCC=CC=N1. The molecule has 0 atom stereocenters. The highest BCUT2D eigenvalue weighted by atomic mass is 14.9. The Morgan fingerprint density at radius 2 is 2.56 bits per heavy atom. The van der Waals surface area contributed by atoms with E-state index in [1.165, 1.54) is 0 Å². The highest BCUT2D eigenvalue weighted by Gasteiger charge is 1.89. The van der Waals surface area contributed by atoms with Crippen LogP contribution < -0.4 is 0 Å². The summed E-state index contributed by atoms with van der Waals surface area (Å²) in [6, 6.07) is 0. The van der Waals surface area contributed by atoms with Crippen molar-refractivity contribution in [2.75, 3.05) is 6.54 Å². The van der Waals surface area contributed by atoms with Gasteiger partial charge in [0.25, 0.3) is 0 Å². The smallest absolute Gasteiger partial charge is 0.123 e. The van der Waals surface area contributed by atoms with Crippen LogP contribution in [0.25, 0.3) is 0 Å². The van der Waals surface area contributed by atoms with Crippen LogP contribution in [0.3, 0.4) is 0 Å². The summed E-state index contributed by atoms with van der Waals surface area (Å²) in [7, 11) is 0. The molecule has 0 amide bonds. The van der Waals surface area contributed by atoms with Crippen LogP contribution >= 0.6 is 0 Å². The quantitative estimate of drug-likeness (QED) is 0.502. The molecule has 0 saturated carbocycles. The summed E-state index contributed by atoms with van der Waals surface area (Å²) in [5.41, 5.74) is 0. The van der Waals surface area contributed by atoms with Crippen molar-refractivity contribution >= 4 is 12.1 Å². The zero-order valence-electron chi connectivity index (χ0n) is 5.54. The molecule has 2 heteroatoms. The van der Waals surface area contributed by atoms with Crippen molar-refractivity contribution in [3.8, 4) is 0 Å². The van der Waals surface area contributed by atoms with Crippen molar-refractivity contribution in [1.82, 2.24) is 0 Å².